The van der Waals surface area contributed by atoms with Crippen molar-refractivity contribution in [3.05, 3.63) is 63.2 Å². The highest BCUT2D eigenvalue weighted by Crippen LogP contribution is 2.41. The van der Waals surface area contributed by atoms with E-state index in [4.69, 9.17) is 11.6 Å². The maximum atomic E-state index is 11.3. The molecule has 0 spiro atoms. The van der Waals surface area contributed by atoms with E-state index in [0.717, 1.165) is 25.1 Å². The molecule has 2 aromatic rings. The fourth-order valence-corrected chi connectivity index (χ4v) is 2.92. The van der Waals surface area contributed by atoms with Crippen molar-refractivity contribution < 1.29 is 4.92 Å². The van der Waals surface area contributed by atoms with E-state index in [-0.39, 0.29) is 10.7 Å². The molecule has 0 atom stereocenters. The van der Waals surface area contributed by atoms with Crippen molar-refractivity contribution in [1.82, 2.24) is 0 Å². The van der Waals surface area contributed by atoms with Crippen LogP contribution in [0.15, 0.2) is 42.5 Å². The third kappa shape index (κ3) is 2.12. The molecule has 1 aliphatic heterocycles. The Balaban J connectivity index is 2.16. The smallest absolute Gasteiger partial charge is 0.311 e. The van der Waals surface area contributed by atoms with Crippen LogP contribution in [-0.4, -0.2) is 11.5 Å². The third-order valence-electron chi connectivity index (χ3n) is 3.55. The van der Waals surface area contributed by atoms with Crippen LogP contribution in [-0.2, 0) is 6.42 Å². The Morgan fingerprint density at radius 1 is 1.10 bits per heavy atom. The van der Waals surface area contributed by atoms with Gasteiger partial charge in [0, 0.05) is 12.2 Å². The first-order chi connectivity index (χ1) is 9.68. The molecule has 0 radical (unpaired) electrons. The van der Waals surface area contributed by atoms with E-state index < -0.39 is 4.92 Å². The quantitative estimate of drug-likeness (QED) is 0.610. The highest BCUT2D eigenvalue weighted by Gasteiger charge is 2.26. The molecular formula is C15H13ClN2O2. The summed E-state index contributed by atoms with van der Waals surface area (Å²) >= 11 is 6.00. The second kappa shape index (κ2) is 5.13. The van der Waals surface area contributed by atoms with E-state index in [9.17, 15) is 10.1 Å². The van der Waals surface area contributed by atoms with Crippen molar-refractivity contribution in [3.63, 3.8) is 0 Å². The van der Waals surface area contributed by atoms with Gasteiger partial charge in [0.1, 0.15) is 10.7 Å². The number of para-hydroxylation sites is 2. The predicted octanol–water partition coefficient (Wildman–Crippen LogP) is 4.33. The molecule has 0 unspecified atom stereocenters. The number of anilines is 2. The molecule has 102 valence electrons. The highest BCUT2D eigenvalue weighted by atomic mass is 35.5. The van der Waals surface area contributed by atoms with Crippen molar-refractivity contribution in [3.8, 4) is 0 Å². The Morgan fingerprint density at radius 2 is 1.85 bits per heavy atom. The lowest BCUT2D eigenvalue weighted by molar-refractivity contribution is -0.383. The molecule has 1 aliphatic rings. The zero-order valence-corrected chi connectivity index (χ0v) is 11.5. The lowest BCUT2D eigenvalue weighted by Crippen LogP contribution is -2.25. The fourth-order valence-electron chi connectivity index (χ4n) is 2.69. The van der Waals surface area contributed by atoms with Crippen molar-refractivity contribution in [1.29, 1.82) is 0 Å². The monoisotopic (exact) mass is 288 g/mol. The number of fused-ring (bicyclic) bond motifs is 1. The summed E-state index contributed by atoms with van der Waals surface area (Å²) in [5, 5.41) is 11.5. The summed E-state index contributed by atoms with van der Waals surface area (Å²) in [6.07, 6.45) is 1.97. The van der Waals surface area contributed by atoms with Crippen LogP contribution in [0.2, 0.25) is 5.02 Å². The molecule has 0 bridgehead atoms. The predicted molar refractivity (Wildman–Crippen MR) is 79.9 cm³/mol. The van der Waals surface area contributed by atoms with E-state index in [2.05, 4.69) is 6.07 Å². The average molecular weight is 289 g/mol. The van der Waals surface area contributed by atoms with Gasteiger partial charge in [-0.15, -0.1) is 0 Å². The van der Waals surface area contributed by atoms with E-state index in [1.807, 2.05) is 23.1 Å². The molecule has 2 aromatic carbocycles. The van der Waals surface area contributed by atoms with Crippen molar-refractivity contribution in [2.45, 2.75) is 12.8 Å². The first-order valence-electron chi connectivity index (χ1n) is 6.47. The van der Waals surface area contributed by atoms with Gasteiger partial charge in [-0.1, -0.05) is 35.9 Å². The Morgan fingerprint density at radius 3 is 2.65 bits per heavy atom. The molecule has 0 saturated carbocycles. The van der Waals surface area contributed by atoms with Gasteiger partial charge in [0.15, 0.2) is 0 Å². The summed E-state index contributed by atoms with van der Waals surface area (Å²) in [5.41, 5.74) is 2.79. The van der Waals surface area contributed by atoms with Gasteiger partial charge in [0.05, 0.1) is 4.92 Å². The zero-order chi connectivity index (χ0) is 14.1. The number of nitrogens with zero attached hydrogens (tertiary/aromatic N) is 2. The number of hydrogen-bond donors (Lipinski definition) is 0. The van der Waals surface area contributed by atoms with Gasteiger partial charge in [0.2, 0.25) is 0 Å². The Hall–Kier alpha value is -2.07. The molecule has 0 saturated heterocycles. The number of hydrogen-bond acceptors (Lipinski definition) is 3. The summed E-state index contributed by atoms with van der Waals surface area (Å²) in [5.74, 6) is 0. The number of nitro benzene ring substituents is 1. The molecular weight excluding hydrogens is 276 g/mol. The van der Waals surface area contributed by atoms with Crippen molar-refractivity contribution >= 4 is 28.7 Å². The molecule has 0 aliphatic carbocycles. The molecule has 0 N–H and O–H groups in total. The molecule has 3 rings (SSSR count). The van der Waals surface area contributed by atoms with Crippen LogP contribution in [0, 0.1) is 10.1 Å². The second-order valence-corrected chi connectivity index (χ2v) is 5.16. The van der Waals surface area contributed by atoms with Gasteiger partial charge in [-0.05, 0) is 36.6 Å². The topological polar surface area (TPSA) is 46.4 Å². The largest absolute Gasteiger partial charge is 0.336 e. The number of benzene rings is 2. The minimum atomic E-state index is -0.408. The van der Waals surface area contributed by atoms with Crippen molar-refractivity contribution in [2.75, 3.05) is 11.4 Å². The van der Waals surface area contributed by atoms with E-state index in [1.54, 1.807) is 18.2 Å². The molecule has 4 nitrogen and oxygen atoms in total. The van der Waals surface area contributed by atoms with Crippen LogP contribution in [0.25, 0.3) is 0 Å². The van der Waals surface area contributed by atoms with Gasteiger partial charge in [-0.25, -0.2) is 0 Å². The van der Waals surface area contributed by atoms with Gasteiger partial charge in [-0.3, -0.25) is 10.1 Å². The van der Waals surface area contributed by atoms with Gasteiger partial charge < -0.3 is 4.90 Å². The Bertz CT molecular complexity index is 673. The van der Waals surface area contributed by atoms with Crippen LogP contribution in [0.1, 0.15) is 12.0 Å². The fraction of sp³-hybridized carbons (Fsp3) is 0.200. The maximum absolute atomic E-state index is 11.3. The maximum Gasteiger partial charge on any atom is 0.311 e. The average Bonchev–Trinajstić information content (AvgIpc) is 2.46. The van der Waals surface area contributed by atoms with Crippen LogP contribution < -0.4 is 4.90 Å². The Labute approximate surface area is 121 Å². The van der Waals surface area contributed by atoms with Crippen LogP contribution in [0.3, 0.4) is 0 Å². The lowest BCUT2D eigenvalue weighted by Gasteiger charge is -2.31. The summed E-state index contributed by atoms with van der Waals surface area (Å²) < 4.78 is 0. The second-order valence-electron chi connectivity index (χ2n) is 4.75. The first-order valence-corrected chi connectivity index (χ1v) is 6.84. The summed E-state index contributed by atoms with van der Waals surface area (Å²) in [6, 6.07) is 13.1. The van der Waals surface area contributed by atoms with Crippen LogP contribution >= 0.6 is 11.6 Å². The zero-order valence-electron chi connectivity index (χ0n) is 10.8. The molecule has 0 amide bonds. The minimum absolute atomic E-state index is 0.0223. The van der Waals surface area contributed by atoms with Crippen LogP contribution in [0.4, 0.5) is 17.1 Å². The highest BCUT2D eigenvalue weighted by molar-refractivity contribution is 6.33. The Kier molecular flexibility index (Phi) is 3.32. The number of aryl methyl sites for hydroxylation is 1. The summed E-state index contributed by atoms with van der Waals surface area (Å²) in [4.78, 5) is 12.9. The van der Waals surface area contributed by atoms with Crippen LogP contribution in [0.5, 0.6) is 0 Å². The van der Waals surface area contributed by atoms with Gasteiger partial charge in [-0.2, -0.15) is 0 Å². The molecule has 20 heavy (non-hydrogen) atoms. The van der Waals surface area contributed by atoms with Gasteiger partial charge >= 0.3 is 5.69 Å². The number of halogens is 1. The van der Waals surface area contributed by atoms with E-state index >= 15 is 0 Å². The van der Waals surface area contributed by atoms with Crippen molar-refractivity contribution in [2.24, 2.45) is 0 Å². The molecule has 0 aromatic heterocycles. The first kappa shape index (κ1) is 12.9. The van der Waals surface area contributed by atoms with Gasteiger partial charge in [0.25, 0.3) is 0 Å². The van der Waals surface area contributed by atoms with E-state index in [0.29, 0.717) is 5.69 Å². The normalized spacial score (nSPS) is 13.9. The number of rotatable bonds is 2. The minimum Gasteiger partial charge on any atom is -0.336 e. The third-order valence-corrected chi connectivity index (χ3v) is 3.85. The SMILES string of the molecule is O=[N+]([O-])c1c(Cl)cccc1N1CCCc2ccccc21. The lowest BCUT2D eigenvalue weighted by atomic mass is 10.0. The molecule has 0 fully saturated rings. The standard InChI is InChI=1S/C15H13ClN2O2/c16-12-7-3-9-14(15(12)18(19)20)17-10-4-6-11-5-1-2-8-13(11)17/h1-3,5,7-9H,4,6,10H2. The summed E-state index contributed by atoms with van der Waals surface area (Å²) in [6.45, 7) is 0.762. The molecule has 5 heteroatoms. The molecule has 1 heterocycles. The summed E-state index contributed by atoms with van der Waals surface area (Å²) in [7, 11) is 0. The van der Waals surface area contributed by atoms with E-state index in [1.165, 1.54) is 5.56 Å². The number of nitro groups is 1.